The average Bonchev–Trinajstić information content (AvgIpc) is 3.14. The molecule has 2 aromatic rings. The van der Waals surface area contributed by atoms with Crippen LogP contribution in [0.3, 0.4) is 0 Å². The van der Waals surface area contributed by atoms with Crippen molar-refractivity contribution < 1.29 is 9.59 Å². The lowest BCUT2D eigenvalue weighted by molar-refractivity contribution is -0.118. The molecule has 0 atom stereocenters. The summed E-state index contributed by atoms with van der Waals surface area (Å²) < 4.78 is 0. The zero-order valence-corrected chi connectivity index (χ0v) is 18.9. The first-order valence-corrected chi connectivity index (χ1v) is 11.0. The molecule has 0 saturated carbocycles. The van der Waals surface area contributed by atoms with E-state index in [4.69, 9.17) is 11.6 Å². The zero-order valence-electron chi connectivity index (χ0n) is 18.2. The van der Waals surface area contributed by atoms with Crippen molar-refractivity contribution in [3.63, 3.8) is 0 Å². The number of aromatic nitrogens is 2. The van der Waals surface area contributed by atoms with E-state index in [2.05, 4.69) is 30.8 Å². The Kier molecular flexibility index (Phi) is 6.61. The highest BCUT2D eigenvalue weighted by molar-refractivity contribution is 6.32. The predicted octanol–water partition coefficient (Wildman–Crippen LogP) is 1.79. The largest absolute Gasteiger partial charge is 0.341 e. The highest BCUT2D eigenvalue weighted by atomic mass is 35.5. The maximum Gasteiger partial charge on any atom is 0.317 e. The van der Waals surface area contributed by atoms with Crippen molar-refractivity contribution in [3.05, 3.63) is 35.0 Å². The molecule has 2 aliphatic heterocycles. The topological polar surface area (TPSA) is 106 Å². The number of fused-ring (bicyclic) bond motifs is 1. The monoisotopic (exact) mass is 458 g/mol. The quantitative estimate of drug-likeness (QED) is 0.643. The number of likely N-dealkylation sites (N-methyl/N-ethyl adjacent to an activating group) is 1. The normalized spacial score (nSPS) is 16.8. The molecule has 0 bridgehead atoms. The van der Waals surface area contributed by atoms with Crippen molar-refractivity contribution >= 4 is 46.7 Å². The first kappa shape index (κ1) is 22.1. The van der Waals surface area contributed by atoms with E-state index in [0.717, 1.165) is 49.5 Å². The Morgan fingerprint density at radius 3 is 2.88 bits per heavy atom. The van der Waals surface area contributed by atoms with Crippen LogP contribution in [0.25, 0.3) is 0 Å². The Morgan fingerprint density at radius 2 is 2.06 bits per heavy atom. The molecule has 1 aromatic carbocycles. The second kappa shape index (κ2) is 9.58. The minimum absolute atomic E-state index is 0.0133. The van der Waals surface area contributed by atoms with Gasteiger partial charge in [0, 0.05) is 45.1 Å². The fourth-order valence-electron chi connectivity index (χ4n) is 3.86. The summed E-state index contributed by atoms with van der Waals surface area (Å²) in [5.41, 5.74) is 2.36. The molecule has 1 fully saturated rings. The number of hydrogen-bond acceptors (Lipinski definition) is 7. The summed E-state index contributed by atoms with van der Waals surface area (Å²) in [6.07, 6.45) is 2.63. The van der Waals surface area contributed by atoms with E-state index >= 15 is 0 Å². The number of hydrogen-bond donors (Lipinski definition) is 3. The maximum absolute atomic E-state index is 12.5. The number of carbonyl (C=O) groups excluding carboxylic acids is 2. The van der Waals surface area contributed by atoms with E-state index in [-0.39, 0.29) is 18.5 Å². The van der Waals surface area contributed by atoms with Gasteiger partial charge in [0.15, 0.2) is 5.82 Å². The van der Waals surface area contributed by atoms with Gasteiger partial charge in [-0.3, -0.25) is 4.79 Å². The van der Waals surface area contributed by atoms with Crippen LogP contribution in [0.1, 0.15) is 12.0 Å². The molecule has 2 aliphatic rings. The van der Waals surface area contributed by atoms with Gasteiger partial charge in [-0.05, 0) is 36.7 Å². The average molecular weight is 459 g/mol. The summed E-state index contributed by atoms with van der Waals surface area (Å²) in [4.78, 5) is 38.9. The summed E-state index contributed by atoms with van der Waals surface area (Å²) in [7, 11) is 3.26. The number of rotatable bonds is 3. The third-order valence-corrected chi connectivity index (χ3v) is 5.90. The highest BCUT2D eigenvalue weighted by Crippen LogP contribution is 2.31. The molecule has 0 unspecified atom stereocenters. The second-order valence-electron chi connectivity index (χ2n) is 7.79. The maximum atomic E-state index is 12.5. The summed E-state index contributed by atoms with van der Waals surface area (Å²) in [6, 6.07) is 5.34. The van der Waals surface area contributed by atoms with Gasteiger partial charge < -0.3 is 30.7 Å². The number of amides is 3. The van der Waals surface area contributed by atoms with Gasteiger partial charge in [-0.25, -0.2) is 9.78 Å². The number of anilines is 4. The number of halogens is 1. The fourth-order valence-corrected chi connectivity index (χ4v) is 4.00. The van der Waals surface area contributed by atoms with Gasteiger partial charge in [0.1, 0.15) is 11.6 Å². The number of nitrogens with zero attached hydrogens (tertiary/aromatic N) is 5. The second-order valence-corrected chi connectivity index (χ2v) is 8.20. The van der Waals surface area contributed by atoms with Gasteiger partial charge in [0.2, 0.25) is 11.9 Å². The first-order chi connectivity index (χ1) is 15.5. The van der Waals surface area contributed by atoms with Crippen LogP contribution in [0, 0.1) is 0 Å². The van der Waals surface area contributed by atoms with Crippen molar-refractivity contribution in [2.24, 2.45) is 0 Å². The van der Waals surface area contributed by atoms with Crippen molar-refractivity contribution in [1.82, 2.24) is 25.5 Å². The molecule has 1 saturated heterocycles. The van der Waals surface area contributed by atoms with E-state index in [0.29, 0.717) is 23.3 Å². The van der Waals surface area contributed by atoms with Gasteiger partial charge in [-0.15, -0.1) is 0 Å². The van der Waals surface area contributed by atoms with Gasteiger partial charge in [0.25, 0.3) is 0 Å². The molecule has 1 aromatic heterocycles. The standard InChI is InChI=1S/C21H27ClN8O2/c1-23-21(32)30-12-14-10-15(4-5-17(14)28(2)18(31)13-30)26-19-16(22)11-25-20(27-19)29-8-3-6-24-7-9-29/h4-5,10-11,24H,3,6-9,12-13H2,1-2H3,(H,23,32)(H,25,26,27). The number of carbonyl (C=O) groups is 2. The molecule has 10 nitrogen and oxygen atoms in total. The third kappa shape index (κ3) is 4.71. The van der Waals surface area contributed by atoms with Crippen LogP contribution in [-0.4, -0.2) is 73.6 Å². The summed E-state index contributed by atoms with van der Waals surface area (Å²) >= 11 is 6.38. The minimum Gasteiger partial charge on any atom is -0.341 e. The Labute approximate surface area is 191 Å². The molecule has 170 valence electrons. The van der Waals surface area contributed by atoms with Crippen molar-refractivity contribution in [2.45, 2.75) is 13.0 Å². The molecule has 0 radical (unpaired) electrons. The SMILES string of the molecule is CNC(=O)N1CC(=O)N(C)c2ccc(Nc3nc(N4CCCNCC4)ncc3Cl)cc2C1. The van der Waals surface area contributed by atoms with Crippen LogP contribution in [0.5, 0.6) is 0 Å². The van der Waals surface area contributed by atoms with Gasteiger partial charge >= 0.3 is 6.03 Å². The Morgan fingerprint density at radius 1 is 1.22 bits per heavy atom. The van der Waals surface area contributed by atoms with Gasteiger partial charge in [-0.1, -0.05) is 11.6 Å². The van der Waals surface area contributed by atoms with E-state index in [9.17, 15) is 9.59 Å². The van der Waals surface area contributed by atoms with Gasteiger partial charge in [0.05, 0.1) is 12.7 Å². The van der Waals surface area contributed by atoms with Crippen LogP contribution in [0.2, 0.25) is 5.02 Å². The van der Waals surface area contributed by atoms with E-state index in [1.165, 1.54) is 4.90 Å². The summed E-state index contributed by atoms with van der Waals surface area (Å²) in [5.74, 6) is 0.991. The molecule has 3 amide bonds. The smallest absolute Gasteiger partial charge is 0.317 e. The molecule has 0 aliphatic carbocycles. The van der Waals surface area contributed by atoms with E-state index < -0.39 is 0 Å². The predicted molar refractivity (Wildman–Crippen MR) is 125 cm³/mol. The zero-order chi connectivity index (χ0) is 22.7. The minimum atomic E-state index is -0.298. The van der Waals surface area contributed by atoms with Crippen LogP contribution in [0.4, 0.5) is 27.9 Å². The lowest BCUT2D eigenvalue weighted by Gasteiger charge is -2.21. The van der Waals surface area contributed by atoms with Crippen LogP contribution in [-0.2, 0) is 11.3 Å². The van der Waals surface area contributed by atoms with E-state index in [1.54, 1.807) is 25.2 Å². The van der Waals surface area contributed by atoms with Crippen molar-refractivity contribution in [2.75, 3.05) is 61.9 Å². The van der Waals surface area contributed by atoms with Crippen LogP contribution in [0.15, 0.2) is 24.4 Å². The Hall–Kier alpha value is -3.11. The summed E-state index contributed by atoms with van der Waals surface area (Å²) in [5, 5.41) is 9.65. The molecule has 4 rings (SSSR count). The molecular formula is C21H27ClN8O2. The number of urea groups is 1. The molecule has 11 heteroatoms. The van der Waals surface area contributed by atoms with Gasteiger partial charge in [-0.2, -0.15) is 4.98 Å². The van der Waals surface area contributed by atoms with Crippen LogP contribution >= 0.6 is 11.6 Å². The fraction of sp³-hybridized carbons (Fsp3) is 0.429. The van der Waals surface area contributed by atoms with Crippen molar-refractivity contribution in [3.8, 4) is 0 Å². The number of nitrogens with one attached hydrogen (secondary N) is 3. The molecule has 0 spiro atoms. The molecular weight excluding hydrogens is 432 g/mol. The Bertz CT molecular complexity index is 1010. The van der Waals surface area contributed by atoms with Crippen LogP contribution < -0.4 is 25.8 Å². The highest BCUT2D eigenvalue weighted by Gasteiger charge is 2.26. The lowest BCUT2D eigenvalue weighted by Crippen LogP contribution is -2.42. The first-order valence-electron chi connectivity index (χ1n) is 10.6. The van der Waals surface area contributed by atoms with E-state index in [1.807, 2.05) is 18.2 Å². The third-order valence-electron chi connectivity index (χ3n) is 5.62. The van der Waals surface area contributed by atoms with Crippen molar-refractivity contribution in [1.29, 1.82) is 0 Å². The lowest BCUT2D eigenvalue weighted by atomic mass is 10.1. The summed E-state index contributed by atoms with van der Waals surface area (Å²) in [6.45, 7) is 3.89. The molecule has 32 heavy (non-hydrogen) atoms. The Balaban J connectivity index is 1.60. The molecule has 3 heterocycles. The number of benzene rings is 1. The molecule has 3 N–H and O–H groups in total.